The molecule has 2 fully saturated rings. The molecule has 164 valence electrons. The summed E-state index contributed by atoms with van der Waals surface area (Å²) in [6, 6.07) is 0. The molecule has 0 bridgehead atoms. The van der Waals surface area contributed by atoms with Crippen molar-refractivity contribution in [3.63, 3.8) is 0 Å². The van der Waals surface area contributed by atoms with Gasteiger partial charge in [-0.3, -0.25) is 4.79 Å². The Morgan fingerprint density at radius 3 is 2.14 bits per heavy atom. The number of rotatable bonds is 7. The van der Waals surface area contributed by atoms with Crippen LogP contribution in [0.3, 0.4) is 0 Å². The first-order valence-electron chi connectivity index (χ1n) is 11.2. The third-order valence-electron chi connectivity index (χ3n) is 6.63. The molecule has 0 heterocycles. The van der Waals surface area contributed by atoms with Crippen molar-refractivity contribution in [2.24, 2.45) is 23.7 Å². The summed E-state index contributed by atoms with van der Waals surface area (Å²) in [7, 11) is 0. The molecule has 3 N–H and O–H groups in total. The molecule has 7 atom stereocenters. The number of allylic oxidation sites excluding steroid dienone is 6. The van der Waals surface area contributed by atoms with Gasteiger partial charge in [-0.15, -0.1) is 0 Å². The van der Waals surface area contributed by atoms with Crippen LogP contribution in [0.2, 0.25) is 0 Å². The Labute approximate surface area is 176 Å². The van der Waals surface area contributed by atoms with Crippen LogP contribution in [0.4, 0.5) is 0 Å². The van der Waals surface area contributed by atoms with Gasteiger partial charge in [-0.05, 0) is 90.6 Å². The van der Waals surface area contributed by atoms with Crippen LogP contribution < -0.4 is 0 Å². The van der Waals surface area contributed by atoms with Crippen molar-refractivity contribution < 1.29 is 20.1 Å². The molecule has 0 aromatic carbocycles. The van der Waals surface area contributed by atoms with Gasteiger partial charge in [0.1, 0.15) is 0 Å². The zero-order valence-electron chi connectivity index (χ0n) is 18.6. The summed E-state index contributed by atoms with van der Waals surface area (Å²) in [4.78, 5) is 12.8. The highest BCUT2D eigenvalue weighted by atomic mass is 16.3. The molecule has 0 aliphatic heterocycles. The number of carbonyl (C=O) groups excluding carboxylic acids is 1. The predicted molar refractivity (Wildman–Crippen MR) is 117 cm³/mol. The summed E-state index contributed by atoms with van der Waals surface area (Å²) >= 11 is 0. The molecule has 0 amide bonds. The van der Waals surface area contributed by atoms with E-state index in [9.17, 15) is 20.1 Å². The molecule has 0 radical (unpaired) electrons. The van der Waals surface area contributed by atoms with Gasteiger partial charge in [-0.25, -0.2) is 0 Å². The second-order valence-corrected chi connectivity index (χ2v) is 9.60. The molecule has 7 unspecified atom stereocenters. The van der Waals surface area contributed by atoms with Gasteiger partial charge >= 0.3 is 0 Å². The molecule has 0 aromatic rings. The van der Waals surface area contributed by atoms with Crippen molar-refractivity contribution in [1.82, 2.24) is 0 Å². The lowest BCUT2D eigenvalue weighted by molar-refractivity contribution is -0.129. The lowest BCUT2D eigenvalue weighted by Gasteiger charge is -2.37. The van der Waals surface area contributed by atoms with Crippen LogP contribution in [0.1, 0.15) is 72.6 Å². The fourth-order valence-corrected chi connectivity index (χ4v) is 4.69. The molecular weight excluding hydrogens is 364 g/mol. The summed E-state index contributed by atoms with van der Waals surface area (Å²) < 4.78 is 0. The Morgan fingerprint density at radius 2 is 1.48 bits per heavy atom. The zero-order valence-corrected chi connectivity index (χ0v) is 18.6. The van der Waals surface area contributed by atoms with E-state index < -0.39 is 18.1 Å². The number of hydrogen-bond acceptors (Lipinski definition) is 4. The van der Waals surface area contributed by atoms with Gasteiger partial charge in [0.05, 0.1) is 18.3 Å². The van der Waals surface area contributed by atoms with Crippen LogP contribution >= 0.6 is 0 Å². The number of hydrogen-bond donors (Lipinski definition) is 3. The first kappa shape index (κ1) is 24.0. The van der Waals surface area contributed by atoms with Crippen LogP contribution in [0.25, 0.3) is 0 Å². The summed E-state index contributed by atoms with van der Waals surface area (Å²) in [6.45, 7) is 8.14. The topological polar surface area (TPSA) is 77.8 Å². The summed E-state index contributed by atoms with van der Waals surface area (Å²) in [6.07, 6.45) is 11.4. The minimum atomic E-state index is -0.801. The van der Waals surface area contributed by atoms with Crippen LogP contribution in [-0.4, -0.2) is 39.4 Å². The molecule has 4 heteroatoms. The maximum atomic E-state index is 12.8. The van der Waals surface area contributed by atoms with E-state index in [1.165, 1.54) is 5.57 Å². The molecule has 2 aliphatic rings. The Morgan fingerprint density at radius 1 is 0.862 bits per heavy atom. The fraction of sp³-hybridized carbons (Fsp3) is 0.720. The molecule has 4 nitrogen and oxygen atoms in total. The van der Waals surface area contributed by atoms with E-state index in [-0.39, 0.29) is 23.7 Å². The van der Waals surface area contributed by atoms with Gasteiger partial charge in [-0.1, -0.05) is 29.4 Å². The van der Waals surface area contributed by atoms with Gasteiger partial charge in [0.2, 0.25) is 0 Å². The van der Waals surface area contributed by atoms with Crippen LogP contribution in [0.15, 0.2) is 35.5 Å². The van der Waals surface area contributed by atoms with E-state index in [4.69, 9.17) is 0 Å². The molecule has 2 rings (SSSR count). The maximum Gasteiger partial charge on any atom is 0.161 e. The minimum Gasteiger partial charge on any atom is -0.393 e. The van der Waals surface area contributed by atoms with Gasteiger partial charge in [0.15, 0.2) is 5.78 Å². The Kier molecular flexibility index (Phi) is 9.32. The van der Waals surface area contributed by atoms with E-state index >= 15 is 0 Å². The standard InChI is InChI=1S/C25H40O4/c1-16(2)5-9-19-15-18(7-12-22(19)26)8-13-23(27)21-11-14-24(28)20(25(21)29)10-6-17(3)4/h5-6,8,13,18-22,24-26,28-29H,7,9-12,14-15H2,1-4H3/b13-8+. The SMILES string of the molecule is CC(C)=CCC1CC(/C=C/C(=O)C2CCC(O)C(CC=C(C)C)C2O)CCC1O. The highest BCUT2D eigenvalue weighted by Crippen LogP contribution is 2.35. The van der Waals surface area contributed by atoms with Crippen molar-refractivity contribution in [2.75, 3.05) is 0 Å². The van der Waals surface area contributed by atoms with E-state index in [2.05, 4.69) is 19.9 Å². The van der Waals surface area contributed by atoms with Gasteiger partial charge < -0.3 is 15.3 Å². The lowest BCUT2D eigenvalue weighted by Crippen LogP contribution is -2.44. The quantitative estimate of drug-likeness (QED) is 0.435. The van der Waals surface area contributed by atoms with Crippen LogP contribution in [0.5, 0.6) is 0 Å². The van der Waals surface area contributed by atoms with Gasteiger partial charge in [0.25, 0.3) is 0 Å². The Hall–Kier alpha value is -1.23. The van der Waals surface area contributed by atoms with E-state index in [0.717, 1.165) is 31.3 Å². The van der Waals surface area contributed by atoms with Crippen LogP contribution in [-0.2, 0) is 4.79 Å². The first-order chi connectivity index (χ1) is 13.7. The van der Waals surface area contributed by atoms with Gasteiger partial charge in [0, 0.05) is 11.8 Å². The second kappa shape index (κ2) is 11.2. The number of ketones is 1. The smallest absolute Gasteiger partial charge is 0.161 e. The predicted octanol–water partition coefficient (Wildman–Crippen LogP) is 4.35. The van der Waals surface area contributed by atoms with Crippen molar-refractivity contribution in [3.05, 3.63) is 35.5 Å². The third kappa shape index (κ3) is 7.20. The fourth-order valence-electron chi connectivity index (χ4n) is 4.69. The number of aliphatic hydroxyl groups excluding tert-OH is 3. The molecule has 0 aromatic heterocycles. The highest BCUT2D eigenvalue weighted by Gasteiger charge is 2.39. The van der Waals surface area contributed by atoms with E-state index in [0.29, 0.717) is 25.2 Å². The van der Waals surface area contributed by atoms with Crippen molar-refractivity contribution in [3.8, 4) is 0 Å². The average molecular weight is 405 g/mol. The van der Waals surface area contributed by atoms with Crippen molar-refractivity contribution in [2.45, 2.75) is 91.0 Å². The Balaban J connectivity index is 1.96. The van der Waals surface area contributed by atoms with Crippen LogP contribution in [0, 0.1) is 23.7 Å². The van der Waals surface area contributed by atoms with E-state index in [1.54, 1.807) is 6.08 Å². The summed E-state index contributed by atoms with van der Waals surface area (Å²) in [5.41, 5.74) is 2.42. The first-order valence-corrected chi connectivity index (χ1v) is 11.2. The zero-order chi connectivity index (χ0) is 21.6. The summed E-state index contributed by atoms with van der Waals surface area (Å²) in [5.74, 6) is -0.198. The molecule has 29 heavy (non-hydrogen) atoms. The van der Waals surface area contributed by atoms with Gasteiger partial charge in [-0.2, -0.15) is 0 Å². The summed E-state index contributed by atoms with van der Waals surface area (Å²) in [5, 5.41) is 31.3. The number of aliphatic hydroxyl groups is 3. The minimum absolute atomic E-state index is 0.0291. The van der Waals surface area contributed by atoms with E-state index in [1.807, 2.05) is 26.0 Å². The monoisotopic (exact) mass is 404 g/mol. The third-order valence-corrected chi connectivity index (χ3v) is 6.63. The molecule has 2 saturated carbocycles. The number of carbonyl (C=O) groups is 1. The normalized spacial score (nSPS) is 35.3. The maximum absolute atomic E-state index is 12.8. The molecular formula is C25H40O4. The molecule has 2 aliphatic carbocycles. The molecule has 0 saturated heterocycles. The van der Waals surface area contributed by atoms with Crippen molar-refractivity contribution in [1.29, 1.82) is 0 Å². The lowest BCUT2D eigenvalue weighted by atomic mass is 9.73. The van der Waals surface area contributed by atoms with Crippen molar-refractivity contribution >= 4 is 5.78 Å². The Bertz CT molecular complexity index is 625. The molecule has 0 spiro atoms. The largest absolute Gasteiger partial charge is 0.393 e. The second-order valence-electron chi connectivity index (χ2n) is 9.60. The average Bonchev–Trinajstić information content (AvgIpc) is 2.65. The highest BCUT2D eigenvalue weighted by molar-refractivity contribution is 5.92.